The minimum Gasteiger partial charge on any atom is -0.273 e. The van der Waals surface area contributed by atoms with Gasteiger partial charge >= 0.3 is 0 Å². The number of hydrogen-bond donors (Lipinski definition) is 0. The molecular weight excluding hydrogens is 298 g/mol. The van der Waals surface area contributed by atoms with Crippen molar-refractivity contribution in [1.29, 1.82) is 0 Å². The number of benzene rings is 3. The summed E-state index contributed by atoms with van der Waals surface area (Å²) in [6.45, 7) is 0. The maximum absolute atomic E-state index is 13.1. The molecule has 1 unspecified atom stereocenters. The second kappa shape index (κ2) is 5.78. The first-order chi connectivity index (χ1) is 11.8. The Morgan fingerprint density at radius 3 is 2.04 bits per heavy atom. The third kappa shape index (κ3) is 2.22. The first kappa shape index (κ1) is 14.4. The van der Waals surface area contributed by atoms with Gasteiger partial charge in [-0.3, -0.25) is 9.59 Å². The number of nitrogens with zero attached hydrogens (tertiary/aromatic N) is 1. The lowest BCUT2D eigenvalue weighted by molar-refractivity contribution is -0.117. The molecule has 0 radical (unpaired) electrons. The zero-order valence-corrected chi connectivity index (χ0v) is 12.9. The molecule has 0 spiro atoms. The molecule has 4 rings (SSSR count). The SMILES string of the molecule is O=C(c1ccccc1)N1C(=O)C(c2ccccc2)c2ccccc21. The Balaban J connectivity index is 1.83. The summed E-state index contributed by atoms with van der Waals surface area (Å²) in [5, 5.41) is 0. The molecular formula is C21H15NO2. The Bertz CT molecular complexity index is 903. The lowest BCUT2D eigenvalue weighted by Gasteiger charge is -2.16. The predicted octanol–water partition coefficient (Wildman–Crippen LogP) is 4.01. The average molecular weight is 313 g/mol. The molecule has 0 N–H and O–H groups in total. The van der Waals surface area contributed by atoms with Crippen LogP contribution in [0.25, 0.3) is 0 Å². The van der Waals surface area contributed by atoms with Crippen molar-refractivity contribution in [2.24, 2.45) is 0 Å². The van der Waals surface area contributed by atoms with E-state index in [1.807, 2.05) is 60.7 Å². The average Bonchev–Trinajstić information content (AvgIpc) is 2.94. The van der Waals surface area contributed by atoms with Crippen molar-refractivity contribution < 1.29 is 9.59 Å². The number of fused-ring (bicyclic) bond motifs is 1. The van der Waals surface area contributed by atoms with Crippen LogP contribution in [0.1, 0.15) is 27.4 Å². The molecule has 3 nitrogen and oxygen atoms in total. The van der Waals surface area contributed by atoms with Gasteiger partial charge in [-0.25, -0.2) is 4.90 Å². The summed E-state index contributed by atoms with van der Waals surface area (Å²) in [5.41, 5.74) is 2.95. The van der Waals surface area contributed by atoms with Crippen molar-refractivity contribution in [2.75, 3.05) is 4.90 Å². The second-order valence-electron chi connectivity index (χ2n) is 5.75. The van der Waals surface area contributed by atoms with Crippen LogP contribution in [-0.2, 0) is 4.79 Å². The van der Waals surface area contributed by atoms with Crippen molar-refractivity contribution in [3.63, 3.8) is 0 Å². The maximum atomic E-state index is 13.1. The van der Waals surface area contributed by atoms with E-state index in [1.165, 1.54) is 4.90 Å². The van der Waals surface area contributed by atoms with Gasteiger partial charge in [-0.15, -0.1) is 0 Å². The lowest BCUT2D eigenvalue weighted by Crippen LogP contribution is -2.35. The summed E-state index contributed by atoms with van der Waals surface area (Å²) in [5.74, 6) is -0.919. The van der Waals surface area contributed by atoms with E-state index in [9.17, 15) is 9.59 Å². The Labute approximate surface area is 140 Å². The van der Waals surface area contributed by atoms with Crippen molar-refractivity contribution in [2.45, 2.75) is 5.92 Å². The van der Waals surface area contributed by atoms with Gasteiger partial charge in [-0.1, -0.05) is 66.7 Å². The smallest absolute Gasteiger partial charge is 0.265 e. The third-order valence-electron chi connectivity index (χ3n) is 4.31. The van der Waals surface area contributed by atoms with Gasteiger partial charge < -0.3 is 0 Å². The molecule has 2 amide bonds. The molecule has 0 saturated carbocycles. The molecule has 0 bridgehead atoms. The minimum atomic E-state index is -0.435. The fraction of sp³-hybridized carbons (Fsp3) is 0.0476. The predicted molar refractivity (Wildman–Crippen MR) is 93.0 cm³/mol. The number of carbonyl (C=O) groups excluding carboxylic acids is 2. The van der Waals surface area contributed by atoms with Crippen LogP contribution in [0.4, 0.5) is 5.69 Å². The molecule has 3 aromatic rings. The van der Waals surface area contributed by atoms with Crippen LogP contribution in [0, 0.1) is 0 Å². The van der Waals surface area contributed by atoms with Gasteiger partial charge in [0.25, 0.3) is 5.91 Å². The molecule has 1 aliphatic heterocycles. The fourth-order valence-electron chi connectivity index (χ4n) is 3.20. The number of para-hydroxylation sites is 1. The number of carbonyl (C=O) groups is 2. The number of hydrogen-bond acceptors (Lipinski definition) is 2. The van der Waals surface area contributed by atoms with Gasteiger partial charge in [0.2, 0.25) is 5.91 Å². The Morgan fingerprint density at radius 2 is 1.33 bits per heavy atom. The van der Waals surface area contributed by atoms with E-state index in [-0.39, 0.29) is 11.8 Å². The maximum Gasteiger partial charge on any atom is 0.265 e. The van der Waals surface area contributed by atoms with Gasteiger partial charge in [0.15, 0.2) is 0 Å². The van der Waals surface area contributed by atoms with Crippen LogP contribution in [0.15, 0.2) is 84.9 Å². The van der Waals surface area contributed by atoms with E-state index < -0.39 is 5.92 Å². The van der Waals surface area contributed by atoms with Crippen LogP contribution in [0.2, 0.25) is 0 Å². The van der Waals surface area contributed by atoms with Crippen molar-refractivity contribution in [3.05, 3.63) is 102 Å². The van der Waals surface area contributed by atoms with Gasteiger partial charge in [-0.05, 0) is 29.3 Å². The highest BCUT2D eigenvalue weighted by atomic mass is 16.2. The standard InChI is InChI=1S/C21H15NO2/c23-20(16-11-5-2-6-12-16)22-18-14-8-7-13-17(18)19(21(22)24)15-9-3-1-4-10-15/h1-14,19H. The number of imide groups is 1. The van der Waals surface area contributed by atoms with E-state index in [4.69, 9.17) is 0 Å². The largest absolute Gasteiger partial charge is 0.273 e. The summed E-state index contributed by atoms with van der Waals surface area (Å²) in [4.78, 5) is 27.3. The summed E-state index contributed by atoms with van der Waals surface area (Å²) >= 11 is 0. The molecule has 1 atom stereocenters. The highest BCUT2D eigenvalue weighted by molar-refractivity contribution is 6.26. The monoisotopic (exact) mass is 313 g/mol. The lowest BCUT2D eigenvalue weighted by atomic mass is 9.93. The van der Waals surface area contributed by atoms with E-state index in [2.05, 4.69) is 0 Å². The van der Waals surface area contributed by atoms with Gasteiger partial charge in [0.1, 0.15) is 0 Å². The first-order valence-electron chi connectivity index (χ1n) is 7.84. The number of amides is 2. The molecule has 0 saturated heterocycles. The zero-order valence-electron chi connectivity index (χ0n) is 12.9. The molecule has 3 aromatic carbocycles. The summed E-state index contributed by atoms with van der Waals surface area (Å²) in [7, 11) is 0. The highest BCUT2D eigenvalue weighted by Gasteiger charge is 2.41. The van der Waals surface area contributed by atoms with Crippen LogP contribution in [0.5, 0.6) is 0 Å². The van der Waals surface area contributed by atoms with Gasteiger partial charge in [0.05, 0.1) is 11.6 Å². The minimum absolute atomic E-state index is 0.198. The van der Waals surface area contributed by atoms with E-state index in [1.54, 1.807) is 24.3 Å². The summed E-state index contributed by atoms with van der Waals surface area (Å²) in [6, 6.07) is 26.0. The van der Waals surface area contributed by atoms with Crippen molar-refractivity contribution in [1.82, 2.24) is 0 Å². The third-order valence-corrected chi connectivity index (χ3v) is 4.31. The second-order valence-corrected chi connectivity index (χ2v) is 5.75. The highest BCUT2D eigenvalue weighted by Crippen LogP contribution is 2.41. The Kier molecular flexibility index (Phi) is 3.47. The van der Waals surface area contributed by atoms with Crippen LogP contribution in [-0.4, -0.2) is 11.8 Å². The number of rotatable bonds is 2. The number of anilines is 1. The van der Waals surface area contributed by atoms with Gasteiger partial charge in [0, 0.05) is 5.56 Å². The van der Waals surface area contributed by atoms with Crippen molar-refractivity contribution in [3.8, 4) is 0 Å². The van der Waals surface area contributed by atoms with E-state index in [0.29, 0.717) is 11.3 Å². The fourth-order valence-corrected chi connectivity index (χ4v) is 3.20. The van der Waals surface area contributed by atoms with Crippen LogP contribution in [0.3, 0.4) is 0 Å². The molecule has 0 aliphatic carbocycles. The van der Waals surface area contributed by atoms with E-state index in [0.717, 1.165) is 11.1 Å². The van der Waals surface area contributed by atoms with Crippen molar-refractivity contribution >= 4 is 17.5 Å². The Morgan fingerprint density at radius 1 is 0.750 bits per heavy atom. The summed E-state index contributed by atoms with van der Waals surface area (Å²) < 4.78 is 0. The quantitative estimate of drug-likeness (QED) is 0.670. The molecule has 3 heteroatoms. The zero-order chi connectivity index (χ0) is 16.5. The summed E-state index contributed by atoms with van der Waals surface area (Å²) in [6.07, 6.45) is 0. The molecule has 116 valence electrons. The molecule has 0 fully saturated rings. The normalized spacial score (nSPS) is 16.1. The topological polar surface area (TPSA) is 37.4 Å². The Hall–Kier alpha value is -3.20. The van der Waals surface area contributed by atoms with Gasteiger partial charge in [-0.2, -0.15) is 0 Å². The van der Waals surface area contributed by atoms with E-state index >= 15 is 0 Å². The van der Waals surface area contributed by atoms with Crippen LogP contribution >= 0.6 is 0 Å². The molecule has 0 aromatic heterocycles. The molecule has 24 heavy (non-hydrogen) atoms. The molecule has 1 aliphatic rings. The van der Waals surface area contributed by atoms with Crippen LogP contribution < -0.4 is 4.90 Å². The molecule has 1 heterocycles. The first-order valence-corrected chi connectivity index (χ1v) is 7.84.